The van der Waals surface area contributed by atoms with Crippen LogP contribution in [0.1, 0.15) is 76.5 Å². The van der Waals surface area contributed by atoms with Gasteiger partial charge < -0.3 is 5.32 Å². The fraction of sp³-hybridized carbons (Fsp3) is 0.517. The highest BCUT2D eigenvalue weighted by Crippen LogP contribution is 2.37. The molecule has 2 atom stereocenters. The largest absolute Gasteiger partial charge is 0.351 e. The van der Waals surface area contributed by atoms with E-state index < -0.39 is 42.8 Å². The average Bonchev–Trinajstić information content (AvgIpc) is 3.22. The van der Waals surface area contributed by atoms with Gasteiger partial charge in [0.15, 0.2) is 6.19 Å². The minimum Gasteiger partial charge on any atom is -0.351 e. The van der Waals surface area contributed by atoms with Gasteiger partial charge in [-0.2, -0.15) is 5.26 Å². The molecular weight excluding hydrogens is 488 g/mol. The quantitative estimate of drug-likeness (QED) is 0.533. The lowest BCUT2D eigenvalue weighted by molar-refractivity contribution is -0.128. The number of benzene rings is 1. The highest BCUT2D eigenvalue weighted by molar-refractivity contribution is 6.04. The third-order valence-corrected chi connectivity index (χ3v) is 7.39. The number of nitriles is 1. The molecule has 9 heteroatoms. The molecule has 1 saturated carbocycles. The highest BCUT2D eigenvalue weighted by atomic mass is 19.3. The predicted octanol–water partition coefficient (Wildman–Crippen LogP) is 5.09. The number of aromatic nitrogens is 1. The SMILES string of the molecule is CC(C)(C)c1ccc(N(C(=O)C2CC(F)(F)CN2C#N)C(C(=O)NC2CCCCC2)c2cccnc2)cc1. The van der Waals surface area contributed by atoms with Crippen LogP contribution in [0.25, 0.3) is 0 Å². The number of alkyl halides is 2. The lowest BCUT2D eigenvalue weighted by atomic mass is 9.87. The fourth-order valence-corrected chi connectivity index (χ4v) is 5.31. The number of anilines is 1. The molecule has 7 nitrogen and oxygen atoms in total. The lowest BCUT2D eigenvalue weighted by Crippen LogP contribution is -2.51. The third kappa shape index (κ3) is 6.12. The molecule has 38 heavy (non-hydrogen) atoms. The third-order valence-electron chi connectivity index (χ3n) is 7.39. The van der Waals surface area contributed by atoms with Gasteiger partial charge in [0, 0.05) is 36.1 Å². The van der Waals surface area contributed by atoms with Crippen LogP contribution in [0.3, 0.4) is 0 Å². The van der Waals surface area contributed by atoms with E-state index in [2.05, 4.69) is 31.1 Å². The second-order valence-corrected chi connectivity index (χ2v) is 11.3. The van der Waals surface area contributed by atoms with Gasteiger partial charge in [0.1, 0.15) is 12.1 Å². The maximum absolute atomic E-state index is 14.4. The molecule has 1 saturated heterocycles. The number of hydrogen-bond acceptors (Lipinski definition) is 5. The molecule has 1 N–H and O–H groups in total. The normalized spacial score (nSPS) is 20.4. The van der Waals surface area contributed by atoms with E-state index in [1.54, 1.807) is 36.7 Å². The van der Waals surface area contributed by atoms with Crippen molar-refractivity contribution in [3.05, 3.63) is 59.9 Å². The summed E-state index contributed by atoms with van der Waals surface area (Å²) in [5, 5.41) is 12.7. The lowest BCUT2D eigenvalue weighted by Gasteiger charge is -2.35. The highest BCUT2D eigenvalue weighted by Gasteiger charge is 2.51. The topological polar surface area (TPSA) is 89.3 Å². The van der Waals surface area contributed by atoms with Gasteiger partial charge in [-0.05, 0) is 42.0 Å². The van der Waals surface area contributed by atoms with Gasteiger partial charge in [0.05, 0.1) is 6.54 Å². The molecule has 1 aliphatic heterocycles. The Hall–Kier alpha value is -3.54. The zero-order valence-corrected chi connectivity index (χ0v) is 22.2. The summed E-state index contributed by atoms with van der Waals surface area (Å²) in [6.45, 7) is 5.35. The van der Waals surface area contributed by atoms with Crippen molar-refractivity contribution in [2.24, 2.45) is 0 Å². The Morgan fingerprint density at radius 2 is 1.84 bits per heavy atom. The van der Waals surface area contributed by atoms with Crippen molar-refractivity contribution < 1.29 is 18.4 Å². The Morgan fingerprint density at radius 3 is 2.42 bits per heavy atom. The predicted molar refractivity (Wildman–Crippen MR) is 140 cm³/mol. The molecule has 2 unspecified atom stereocenters. The van der Waals surface area contributed by atoms with Crippen LogP contribution in [0.5, 0.6) is 0 Å². The Balaban J connectivity index is 1.80. The monoisotopic (exact) mass is 523 g/mol. The summed E-state index contributed by atoms with van der Waals surface area (Å²) in [6.07, 6.45) is 8.86. The summed E-state index contributed by atoms with van der Waals surface area (Å²) >= 11 is 0. The second-order valence-electron chi connectivity index (χ2n) is 11.3. The van der Waals surface area contributed by atoms with Crippen molar-refractivity contribution in [3.8, 4) is 6.19 Å². The first-order valence-electron chi connectivity index (χ1n) is 13.2. The Kier molecular flexibility index (Phi) is 8.00. The first-order valence-corrected chi connectivity index (χ1v) is 13.2. The molecule has 0 spiro atoms. The fourth-order valence-electron chi connectivity index (χ4n) is 5.31. The van der Waals surface area contributed by atoms with E-state index in [0.717, 1.165) is 42.6 Å². The molecule has 2 aromatic rings. The van der Waals surface area contributed by atoms with Crippen LogP contribution in [0.2, 0.25) is 0 Å². The number of nitrogens with one attached hydrogen (secondary N) is 1. The Morgan fingerprint density at radius 1 is 1.16 bits per heavy atom. The van der Waals surface area contributed by atoms with Crippen LogP contribution in [-0.4, -0.2) is 46.2 Å². The Bertz CT molecular complexity index is 1170. The molecule has 2 amide bonds. The van der Waals surface area contributed by atoms with Gasteiger partial charge in [-0.15, -0.1) is 0 Å². The summed E-state index contributed by atoms with van der Waals surface area (Å²) in [5.74, 6) is -4.31. The summed E-state index contributed by atoms with van der Waals surface area (Å²) in [6, 6.07) is 8.04. The molecule has 1 aromatic heterocycles. The standard InChI is InChI=1S/C29H35F2N5O2/c1-28(2,3)21-11-13-23(14-12-21)36(27(38)24-16-29(30,31)18-35(24)19-32)25(20-8-7-15-33-17-20)26(37)34-22-9-5-4-6-10-22/h7-8,11-15,17,22,24-25H,4-6,9-10,16,18H2,1-3H3,(H,34,37). The van der Waals surface area contributed by atoms with Crippen molar-refractivity contribution in [1.82, 2.24) is 15.2 Å². The second kappa shape index (κ2) is 11.1. The van der Waals surface area contributed by atoms with Crippen LogP contribution in [0.4, 0.5) is 14.5 Å². The van der Waals surface area contributed by atoms with Crippen LogP contribution < -0.4 is 10.2 Å². The van der Waals surface area contributed by atoms with Gasteiger partial charge in [-0.1, -0.05) is 58.2 Å². The number of halogens is 2. The molecule has 4 rings (SSSR count). The minimum atomic E-state index is -3.19. The molecule has 2 fully saturated rings. The number of amides is 2. The molecule has 202 valence electrons. The number of rotatable bonds is 6. The van der Waals surface area contributed by atoms with Crippen molar-refractivity contribution in [1.29, 1.82) is 5.26 Å². The van der Waals surface area contributed by atoms with Crippen molar-refractivity contribution in [3.63, 3.8) is 0 Å². The van der Waals surface area contributed by atoms with Crippen molar-refractivity contribution >= 4 is 17.5 Å². The van der Waals surface area contributed by atoms with E-state index in [1.165, 1.54) is 11.1 Å². The van der Waals surface area contributed by atoms with E-state index in [0.29, 0.717) is 11.3 Å². The van der Waals surface area contributed by atoms with E-state index >= 15 is 0 Å². The number of likely N-dealkylation sites (tertiary alicyclic amines) is 1. The molecular formula is C29H35F2N5O2. The number of carbonyl (C=O) groups is 2. The zero-order valence-electron chi connectivity index (χ0n) is 22.2. The van der Waals surface area contributed by atoms with E-state index in [9.17, 15) is 23.6 Å². The number of pyridine rings is 1. The van der Waals surface area contributed by atoms with Crippen LogP contribution in [0.15, 0.2) is 48.8 Å². The smallest absolute Gasteiger partial charge is 0.268 e. The first kappa shape index (κ1) is 27.5. The van der Waals surface area contributed by atoms with Gasteiger partial charge in [0.25, 0.3) is 11.8 Å². The van der Waals surface area contributed by atoms with Crippen LogP contribution in [0, 0.1) is 11.5 Å². The zero-order chi connectivity index (χ0) is 27.5. The van der Waals surface area contributed by atoms with Gasteiger partial charge >= 0.3 is 0 Å². The summed E-state index contributed by atoms with van der Waals surface area (Å²) in [7, 11) is 0. The number of hydrogen-bond donors (Lipinski definition) is 1. The van der Waals surface area contributed by atoms with E-state index in [1.807, 2.05) is 12.1 Å². The van der Waals surface area contributed by atoms with Crippen LogP contribution in [-0.2, 0) is 15.0 Å². The summed E-state index contributed by atoms with van der Waals surface area (Å²) < 4.78 is 28.8. The van der Waals surface area contributed by atoms with E-state index in [-0.39, 0.29) is 11.5 Å². The first-order chi connectivity index (χ1) is 18.0. The minimum absolute atomic E-state index is 0.0259. The van der Waals surface area contributed by atoms with Gasteiger partial charge in [0.2, 0.25) is 5.91 Å². The molecule has 2 heterocycles. The molecule has 2 aliphatic rings. The molecule has 0 radical (unpaired) electrons. The Labute approximate surface area is 222 Å². The molecule has 1 aliphatic carbocycles. The average molecular weight is 524 g/mol. The molecule has 0 bridgehead atoms. The maximum atomic E-state index is 14.4. The number of nitrogens with zero attached hydrogens (tertiary/aromatic N) is 4. The molecule has 1 aromatic carbocycles. The van der Waals surface area contributed by atoms with Gasteiger partial charge in [-0.3, -0.25) is 24.4 Å². The summed E-state index contributed by atoms with van der Waals surface area (Å²) in [5.41, 5.74) is 1.72. The van der Waals surface area contributed by atoms with Crippen molar-refractivity contribution in [2.45, 2.75) is 88.8 Å². The van der Waals surface area contributed by atoms with Gasteiger partial charge in [-0.25, -0.2) is 8.78 Å². The van der Waals surface area contributed by atoms with Crippen molar-refractivity contribution in [2.75, 3.05) is 11.4 Å². The summed E-state index contributed by atoms with van der Waals surface area (Å²) in [4.78, 5) is 34.2. The van der Waals surface area contributed by atoms with Crippen LogP contribution >= 0.6 is 0 Å². The van der Waals surface area contributed by atoms with E-state index in [4.69, 9.17) is 0 Å². The number of carbonyl (C=O) groups excluding carboxylic acids is 2. The maximum Gasteiger partial charge on any atom is 0.268 e.